The summed E-state index contributed by atoms with van der Waals surface area (Å²) in [6.07, 6.45) is 3.58. The number of anilines is 1. The Labute approximate surface area is 206 Å². The standard InChI is InChI=1S/C27H24F2N4O3/c1-2-5-24(32-25(34)12-17-10-20(28)14-21(29)11-17)26(35)33-27-30-15-23(16-31-27)36-22-9-8-18-6-3-4-7-19(18)13-22/h3-4,6-11,13-16,24H,2,5,12H2,1H3,(H,32,34)(H,30,31,33,35). The highest BCUT2D eigenvalue weighted by molar-refractivity contribution is 5.96. The molecule has 0 fully saturated rings. The Morgan fingerprint density at radius 1 is 0.917 bits per heavy atom. The molecule has 4 rings (SSSR count). The average molecular weight is 491 g/mol. The smallest absolute Gasteiger partial charge is 0.249 e. The van der Waals surface area contributed by atoms with Crippen molar-refractivity contribution in [3.63, 3.8) is 0 Å². The molecule has 1 atom stereocenters. The van der Waals surface area contributed by atoms with Crippen molar-refractivity contribution in [2.75, 3.05) is 5.32 Å². The van der Waals surface area contributed by atoms with Crippen LogP contribution in [0.15, 0.2) is 73.1 Å². The van der Waals surface area contributed by atoms with Gasteiger partial charge in [0.05, 0.1) is 18.8 Å². The molecule has 1 aromatic heterocycles. The van der Waals surface area contributed by atoms with Gasteiger partial charge in [0, 0.05) is 6.07 Å². The normalized spacial score (nSPS) is 11.6. The van der Waals surface area contributed by atoms with Gasteiger partial charge >= 0.3 is 0 Å². The minimum atomic E-state index is -0.863. The maximum absolute atomic E-state index is 13.4. The number of benzene rings is 3. The van der Waals surface area contributed by atoms with E-state index < -0.39 is 29.5 Å². The second-order valence-electron chi connectivity index (χ2n) is 8.21. The van der Waals surface area contributed by atoms with Gasteiger partial charge in [0.15, 0.2) is 5.75 Å². The van der Waals surface area contributed by atoms with E-state index in [-0.39, 0.29) is 17.9 Å². The molecule has 7 nitrogen and oxygen atoms in total. The molecule has 0 radical (unpaired) electrons. The third-order valence-corrected chi connectivity index (χ3v) is 5.34. The van der Waals surface area contributed by atoms with Crippen molar-refractivity contribution in [1.82, 2.24) is 15.3 Å². The summed E-state index contributed by atoms with van der Waals surface area (Å²) in [7, 11) is 0. The molecule has 1 heterocycles. The maximum Gasteiger partial charge on any atom is 0.249 e. The Morgan fingerprint density at radius 3 is 2.31 bits per heavy atom. The first kappa shape index (κ1) is 24.7. The number of nitrogens with zero attached hydrogens (tertiary/aromatic N) is 2. The van der Waals surface area contributed by atoms with E-state index in [0.29, 0.717) is 24.3 Å². The summed E-state index contributed by atoms with van der Waals surface area (Å²) < 4.78 is 32.6. The number of amides is 2. The zero-order chi connectivity index (χ0) is 25.5. The van der Waals surface area contributed by atoms with Gasteiger partial charge in [-0.1, -0.05) is 43.7 Å². The molecule has 0 bridgehead atoms. The van der Waals surface area contributed by atoms with Crippen LogP contribution in [0.5, 0.6) is 11.5 Å². The van der Waals surface area contributed by atoms with Crippen molar-refractivity contribution in [3.8, 4) is 11.5 Å². The van der Waals surface area contributed by atoms with Crippen molar-refractivity contribution in [2.45, 2.75) is 32.2 Å². The number of rotatable bonds is 9. The van der Waals surface area contributed by atoms with Gasteiger partial charge in [-0.2, -0.15) is 0 Å². The molecule has 0 aliphatic carbocycles. The summed E-state index contributed by atoms with van der Waals surface area (Å²) in [5.74, 6) is -1.51. The van der Waals surface area contributed by atoms with Crippen LogP contribution in [0.4, 0.5) is 14.7 Å². The number of nitrogens with one attached hydrogen (secondary N) is 2. The summed E-state index contributed by atoms with van der Waals surface area (Å²) in [6.45, 7) is 1.86. The molecule has 36 heavy (non-hydrogen) atoms. The Kier molecular flexibility index (Phi) is 7.79. The molecule has 2 N–H and O–H groups in total. The van der Waals surface area contributed by atoms with Gasteiger partial charge in [-0.15, -0.1) is 0 Å². The second kappa shape index (κ2) is 11.4. The van der Waals surface area contributed by atoms with Crippen molar-refractivity contribution in [1.29, 1.82) is 0 Å². The molecule has 0 spiro atoms. The van der Waals surface area contributed by atoms with E-state index in [2.05, 4.69) is 20.6 Å². The summed E-state index contributed by atoms with van der Waals surface area (Å²) in [5.41, 5.74) is 0.172. The Bertz CT molecular complexity index is 1360. The first-order valence-electron chi connectivity index (χ1n) is 11.4. The van der Waals surface area contributed by atoms with Crippen LogP contribution in [-0.2, 0) is 16.0 Å². The molecule has 0 aliphatic heterocycles. The van der Waals surface area contributed by atoms with Crippen LogP contribution in [0.1, 0.15) is 25.3 Å². The van der Waals surface area contributed by atoms with E-state index in [1.807, 2.05) is 49.4 Å². The first-order chi connectivity index (χ1) is 17.4. The third kappa shape index (κ3) is 6.59. The molecule has 1 unspecified atom stereocenters. The number of carbonyl (C=O) groups is 2. The first-order valence-corrected chi connectivity index (χ1v) is 11.4. The van der Waals surface area contributed by atoms with Gasteiger partial charge in [0.2, 0.25) is 17.8 Å². The maximum atomic E-state index is 13.4. The lowest BCUT2D eigenvalue weighted by molar-refractivity contribution is -0.126. The Hall–Kier alpha value is -4.40. The molecule has 4 aromatic rings. The van der Waals surface area contributed by atoms with E-state index in [0.717, 1.165) is 29.0 Å². The van der Waals surface area contributed by atoms with Gasteiger partial charge in [-0.25, -0.2) is 18.7 Å². The lowest BCUT2D eigenvalue weighted by Gasteiger charge is -2.17. The molecular formula is C27H24F2N4O3. The molecule has 184 valence electrons. The lowest BCUT2D eigenvalue weighted by atomic mass is 10.1. The topological polar surface area (TPSA) is 93.2 Å². The summed E-state index contributed by atoms with van der Waals surface area (Å²) in [5, 5.41) is 7.31. The highest BCUT2D eigenvalue weighted by Crippen LogP contribution is 2.25. The average Bonchev–Trinajstić information content (AvgIpc) is 2.84. The van der Waals surface area contributed by atoms with E-state index in [4.69, 9.17) is 4.74 Å². The van der Waals surface area contributed by atoms with Crippen molar-refractivity contribution < 1.29 is 23.1 Å². The zero-order valence-corrected chi connectivity index (χ0v) is 19.5. The van der Waals surface area contributed by atoms with Crippen molar-refractivity contribution >= 4 is 28.5 Å². The van der Waals surface area contributed by atoms with E-state index in [9.17, 15) is 18.4 Å². The summed E-state index contributed by atoms with van der Waals surface area (Å²) in [4.78, 5) is 33.4. The fraction of sp³-hybridized carbons (Fsp3) is 0.185. The van der Waals surface area contributed by atoms with E-state index in [1.165, 1.54) is 12.4 Å². The fourth-order valence-electron chi connectivity index (χ4n) is 3.70. The molecular weight excluding hydrogens is 466 g/mol. The SMILES string of the molecule is CCCC(NC(=O)Cc1cc(F)cc(F)c1)C(=O)Nc1ncc(Oc2ccc3ccccc3c2)cn1. The van der Waals surface area contributed by atoms with Crippen molar-refractivity contribution in [3.05, 3.63) is 90.3 Å². The predicted molar refractivity (Wildman–Crippen MR) is 132 cm³/mol. The van der Waals surface area contributed by atoms with Crippen LogP contribution in [-0.4, -0.2) is 27.8 Å². The minimum absolute atomic E-state index is 0.0495. The molecule has 0 aliphatic rings. The summed E-state index contributed by atoms with van der Waals surface area (Å²) >= 11 is 0. The molecule has 0 saturated heterocycles. The van der Waals surface area contributed by atoms with Crippen LogP contribution in [0, 0.1) is 11.6 Å². The van der Waals surface area contributed by atoms with Crippen molar-refractivity contribution in [2.24, 2.45) is 0 Å². The number of hydrogen-bond acceptors (Lipinski definition) is 5. The van der Waals surface area contributed by atoms with Gasteiger partial charge in [0.25, 0.3) is 0 Å². The van der Waals surface area contributed by atoms with Gasteiger partial charge < -0.3 is 10.1 Å². The minimum Gasteiger partial charge on any atom is -0.454 e. The number of ether oxygens (including phenoxy) is 1. The number of fused-ring (bicyclic) bond motifs is 1. The van der Waals surface area contributed by atoms with Crippen LogP contribution < -0.4 is 15.4 Å². The monoisotopic (exact) mass is 490 g/mol. The summed E-state index contributed by atoms with van der Waals surface area (Å²) in [6, 6.07) is 15.6. The Balaban J connectivity index is 1.36. The van der Waals surface area contributed by atoms with Gasteiger partial charge in [-0.05, 0) is 47.0 Å². The quantitative estimate of drug-likeness (QED) is 0.338. The largest absolute Gasteiger partial charge is 0.454 e. The molecule has 2 amide bonds. The van der Waals surface area contributed by atoms with Crippen LogP contribution >= 0.6 is 0 Å². The van der Waals surface area contributed by atoms with E-state index in [1.54, 1.807) is 0 Å². The number of halogens is 2. The number of hydrogen-bond donors (Lipinski definition) is 2. The zero-order valence-electron chi connectivity index (χ0n) is 19.5. The predicted octanol–water partition coefficient (Wildman–Crippen LogP) is 5.17. The molecule has 3 aromatic carbocycles. The van der Waals surface area contributed by atoms with Gasteiger partial charge in [0.1, 0.15) is 23.4 Å². The molecule has 0 saturated carbocycles. The third-order valence-electron chi connectivity index (χ3n) is 5.34. The van der Waals surface area contributed by atoms with E-state index >= 15 is 0 Å². The van der Waals surface area contributed by atoms with Crippen LogP contribution in [0.25, 0.3) is 10.8 Å². The fourth-order valence-corrected chi connectivity index (χ4v) is 3.70. The van der Waals surface area contributed by atoms with Gasteiger partial charge in [-0.3, -0.25) is 14.9 Å². The van der Waals surface area contributed by atoms with Crippen LogP contribution in [0.3, 0.4) is 0 Å². The highest BCUT2D eigenvalue weighted by Gasteiger charge is 2.21. The second-order valence-corrected chi connectivity index (χ2v) is 8.21. The number of aromatic nitrogens is 2. The van der Waals surface area contributed by atoms with Crippen LogP contribution in [0.2, 0.25) is 0 Å². The molecule has 9 heteroatoms. The highest BCUT2D eigenvalue weighted by atomic mass is 19.1. The number of carbonyl (C=O) groups excluding carboxylic acids is 2. The Morgan fingerprint density at radius 2 is 1.61 bits per heavy atom. The lowest BCUT2D eigenvalue weighted by Crippen LogP contribution is -2.44.